The maximum atomic E-state index is 14.6. The molecule has 15 heteroatoms. The van der Waals surface area contributed by atoms with Crippen LogP contribution in [0.4, 0.5) is 0 Å². The summed E-state index contributed by atoms with van der Waals surface area (Å²) in [6.45, 7) is 4.13. The molecule has 14 nitrogen and oxygen atoms in total. The van der Waals surface area contributed by atoms with Crippen LogP contribution in [0.5, 0.6) is 11.5 Å². The highest BCUT2D eigenvalue weighted by atomic mass is 35.5. The average molecular weight is 881 g/mol. The number of unbranched alkanes of at least 4 members (excludes halogenated alkanes) is 1. The molecule has 5 rings (SSSR count). The largest absolute Gasteiger partial charge is 0.507 e. The van der Waals surface area contributed by atoms with Gasteiger partial charge in [0.15, 0.2) is 18.2 Å². The molecule has 4 aromatic carbocycles. The van der Waals surface area contributed by atoms with E-state index in [2.05, 4.69) is 10.6 Å². The summed E-state index contributed by atoms with van der Waals surface area (Å²) in [5.74, 6) is -6.00. The number of carboxylic acids is 1. The van der Waals surface area contributed by atoms with Crippen molar-refractivity contribution < 1.29 is 48.5 Å². The number of amides is 3. The molecule has 4 bridgehead atoms. The normalized spacial score (nSPS) is 17.3. The minimum Gasteiger partial charge on any atom is -0.507 e. The Balaban J connectivity index is 1.55. The molecule has 4 aromatic rings. The average Bonchev–Trinajstić information content (AvgIpc) is 3.25. The lowest BCUT2D eigenvalue weighted by atomic mass is 9.88. The summed E-state index contributed by atoms with van der Waals surface area (Å²) in [4.78, 5) is 95.4. The Hall–Kier alpha value is -6.38. The van der Waals surface area contributed by atoms with Gasteiger partial charge in [0.25, 0.3) is 5.91 Å². The van der Waals surface area contributed by atoms with Gasteiger partial charge in [-0.2, -0.15) is 0 Å². The molecule has 0 radical (unpaired) electrons. The molecule has 3 amide bonds. The Kier molecular flexibility index (Phi) is 16.4. The van der Waals surface area contributed by atoms with Crippen LogP contribution in [0.3, 0.4) is 0 Å². The van der Waals surface area contributed by atoms with Gasteiger partial charge in [-0.05, 0) is 110 Å². The molecule has 1 aliphatic heterocycles. The van der Waals surface area contributed by atoms with E-state index in [0.717, 1.165) is 11.1 Å². The van der Waals surface area contributed by atoms with Gasteiger partial charge in [-0.15, -0.1) is 0 Å². The van der Waals surface area contributed by atoms with Crippen LogP contribution in [0, 0.1) is 11.8 Å². The number of Topliss-reactive ketones (excluding diaryl/α,β-unsaturated/α-hetero) is 3. The molecule has 0 saturated carbocycles. The third-order valence-electron chi connectivity index (χ3n) is 11.2. The summed E-state index contributed by atoms with van der Waals surface area (Å²) >= 11 is 6.05. The second kappa shape index (κ2) is 21.6. The highest BCUT2D eigenvalue weighted by Gasteiger charge is 2.36. The molecule has 0 aromatic heterocycles. The Morgan fingerprint density at radius 1 is 0.921 bits per heavy atom. The first kappa shape index (κ1) is 47.7. The number of benzene rings is 4. The van der Waals surface area contributed by atoms with Gasteiger partial charge in [0.2, 0.25) is 11.8 Å². The third-order valence-corrected chi connectivity index (χ3v) is 11.5. The molecule has 6 N–H and O–H groups in total. The van der Waals surface area contributed by atoms with Crippen molar-refractivity contribution in [1.82, 2.24) is 15.5 Å². The molecule has 0 fully saturated rings. The first-order valence-electron chi connectivity index (χ1n) is 20.8. The van der Waals surface area contributed by atoms with E-state index in [-0.39, 0.29) is 59.7 Å². The number of fused-ring (bicyclic) bond motifs is 5. The molecule has 0 aliphatic carbocycles. The standard InChI is InChI=1S/C48H53ClN4O10/c1-27(29(3)54)21-41(56)39-24-30-8-19-43(63-26-44(58)59)37(23-30)36-25-34(15-18-40(36)55)45(42(57)22-28(2)46(60)52-39)53(4)48(62)38(7-5-6-20-50)51-47(61)33-11-9-31(10-12-33)32-13-16-35(49)17-14-32/h8-19,23,25,27-28,38-39,45,55H,5-7,20-22,24,26,50H2,1-4H3,(H,51,61)(H,52,60)(H,58,59)/t27-,28-,38+,39+,45+/m1/s1. The van der Waals surface area contributed by atoms with Gasteiger partial charge in [-0.1, -0.05) is 61.8 Å². The van der Waals surface area contributed by atoms with Crippen molar-refractivity contribution in [3.63, 3.8) is 0 Å². The third kappa shape index (κ3) is 12.4. The number of phenolic OH excluding ortho intramolecular Hbond substituents is 1. The van der Waals surface area contributed by atoms with E-state index >= 15 is 0 Å². The highest BCUT2D eigenvalue weighted by molar-refractivity contribution is 6.30. The van der Waals surface area contributed by atoms with Crippen LogP contribution < -0.4 is 21.1 Å². The molecule has 0 saturated heterocycles. The van der Waals surface area contributed by atoms with Crippen molar-refractivity contribution >= 4 is 52.6 Å². The van der Waals surface area contributed by atoms with Crippen molar-refractivity contribution in [2.75, 3.05) is 20.2 Å². The topological polar surface area (TPSA) is 222 Å². The number of likely N-dealkylation sites (N-methyl/N-ethyl adjacent to an activating group) is 1. The van der Waals surface area contributed by atoms with Crippen LogP contribution in [0.15, 0.2) is 84.9 Å². The maximum absolute atomic E-state index is 14.6. The summed E-state index contributed by atoms with van der Waals surface area (Å²) in [5, 5.41) is 27.0. The second-order valence-corrected chi connectivity index (χ2v) is 16.5. The lowest BCUT2D eigenvalue weighted by Crippen LogP contribution is -2.50. The van der Waals surface area contributed by atoms with Gasteiger partial charge < -0.3 is 36.2 Å². The molecule has 1 heterocycles. The van der Waals surface area contributed by atoms with E-state index in [0.29, 0.717) is 35.5 Å². The summed E-state index contributed by atoms with van der Waals surface area (Å²) in [6, 6.07) is 19.5. The van der Waals surface area contributed by atoms with E-state index in [4.69, 9.17) is 22.1 Å². The van der Waals surface area contributed by atoms with Gasteiger partial charge in [0.1, 0.15) is 29.4 Å². The SMILES string of the molecule is CC(=O)[C@H](C)CC(=O)[C@@H]1Cc2ccc(OCC(=O)O)c(c2)-c2cc(ccc2O)[C@H](N(C)C(=O)[C@H](CCCCN)NC(=O)c2ccc(-c3ccc(Cl)cc3)cc2)C(=O)C[C@@H](C)C(=O)N1. The first-order valence-corrected chi connectivity index (χ1v) is 21.2. The van der Waals surface area contributed by atoms with Crippen LogP contribution in [0.2, 0.25) is 5.02 Å². The maximum Gasteiger partial charge on any atom is 0.341 e. The molecule has 1 aliphatic rings. The summed E-state index contributed by atoms with van der Waals surface area (Å²) < 4.78 is 5.63. The fraction of sp³-hybridized carbons (Fsp3) is 0.354. The zero-order valence-corrected chi connectivity index (χ0v) is 36.4. The molecular formula is C48H53ClN4O10. The van der Waals surface area contributed by atoms with Crippen LogP contribution in [0.1, 0.15) is 80.4 Å². The van der Waals surface area contributed by atoms with Gasteiger partial charge in [0, 0.05) is 53.4 Å². The van der Waals surface area contributed by atoms with E-state index in [1.54, 1.807) is 55.5 Å². The molecule has 0 unspecified atom stereocenters. The predicted molar refractivity (Wildman–Crippen MR) is 237 cm³/mol. The van der Waals surface area contributed by atoms with Crippen molar-refractivity contribution in [2.45, 2.75) is 77.4 Å². The Morgan fingerprint density at radius 2 is 1.59 bits per heavy atom. The molecule has 63 heavy (non-hydrogen) atoms. The Labute approximate surface area is 371 Å². The second-order valence-electron chi connectivity index (χ2n) is 16.1. The van der Waals surface area contributed by atoms with Crippen LogP contribution in [-0.2, 0) is 35.2 Å². The molecule has 5 atom stereocenters. The lowest BCUT2D eigenvalue weighted by molar-refractivity contribution is -0.141. The van der Waals surface area contributed by atoms with Crippen LogP contribution in [0.25, 0.3) is 22.3 Å². The van der Waals surface area contributed by atoms with Gasteiger partial charge in [0.05, 0.1) is 6.04 Å². The smallest absolute Gasteiger partial charge is 0.341 e. The van der Waals surface area contributed by atoms with Gasteiger partial charge in [-0.25, -0.2) is 4.79 Å². The number of hydrogen-bond donors (Lipinski definition) is 5. The number of hydrogen-bond acceptors (Lipinski definition) is 10. The number of ether oxygens (including phenoxy) is 1. The summed E-state index contributed by atoms with van der Waals surface area (Å²) in [5.41, 5.74) is 8.92. The number of aliphatic carboxylic acids is 1. The van der Waals surface area contributed by atoms with E-state index < -0.39 is 71.8 Å². The predicted octanol–water partition coefficient (Wildman–Crippen LogP) is 6.09. The number of phenols is 1. The molecular weight excluding hydrogens is 828 g/mol. The molecule has 332 valence electrons. The van der Waals surface area contributed by atoms with Crippen molar-refractivity contribution in [2.24, 2.45) is 17.6 Å². The summed E-state index contributed by atoms with van der Waals surface area (Å²) in [7, 11) is 1.42. The van der Waals surface area contributed by atoms with Gasteiger partial charge >= 0.3 is 5.97 Å². The summed E-state index contributed by atoms with van der Waals surface area (Å²) in [6.07, 6.45) is 0.637. The quantitative estimate of drug-likeness (QED) is 0.0811. The highest BCUT2D eigenvalue weighted by Crippen LogP contribution is 2.40. The zero-order chi connectivity index (χ0) is 46.0. The number of aromatic hydroxyl groups is 1. The van der Waals surface area contributed by atoms with Gasteiger partial charge in [-0.3, -0.25) is 28.8 Å². The minimum absolute atomic E-state index is 0.0356. The monoisotopic (exact) mass is 880 g/mol. The molecule has 0 spiro atoms. The minimum atomic E-state index is -1.36. The number of nitrogens with one attached hydrogen (secondary N) is 2. The van der Waals surface area contributed by atoms with Crippen molar-refractivity contribution in [3.05, 3.63) is 107 Å². The number of nitrogens with zero attached hydrogens (tertiary/aromatic N) is 1. The van der Waals surface area contributed by atoms with Crippen molar-refractivity contribution in [1.29, 1.82) is 0 Å². The number of carbonyl (C=O) groups excluding carboxylic acids is 6. The number of ketones is 3. The Morgan fingerprint density at radius 3 is 2.22 bits per heavy atom. The van der Waals surface area contributed by atoms with Crippen molar-refractivity contribution in [3.8, 4) is 33.8 Å². The Bertz CT molecular complexity index is 2350. The number of carbonyl (C=O) groups is 7. The van der Waals surface area contributed by atoms with E-state index in [9.17, 15) is 43.8 Å². The lowest BCUT2D eigenvalue weighted by Gasteiger charge is -2.32. The van der Waals surface area contributed by atoms with Crippen LogP contribution >= 0.6 is 11.6 Å². The first-order chi connectivity index (χ1) is 30.0. The number of nitrogens with two attached hydrogens (primary N) is 1. The number of rotatable bonds is 16. The number of carboxylic acid groups (broad SMARTS) is 1. The van der Waals surface area contributed by atoms with E-state index in [1.165, 1.54) is 50.1 Å². The zero-order valence-electron chi connectivity index (χ0n) is 35.7. The van der Waals surface area contributed by atoms with Crippen LogP contribution in [-0.4, -0.2) is 88.4 Å². The number of halogens is 1. The van der Waals surface area contributed by atoms with E-state index in [1.807, 2.05) is 12.1 Å². The fourth-order valence-electron chi connectivity index (χ4n) is 7.46. The fourth-order valence-corrected chi connectivity index (χ4v) is 7.58.